The van der Waals surface area contributed by atoms with E-state index < -0.39 is 0 Å². The van der Waals surface area contributed by atoms with Gasteiger partial charge in [0.05, 0.1) is 6.10 Å². The molecular weight excluding hydrogens is 136 g/mol. The van der Waals surface area contributed by atoms with Crippen LogP contribution in [0.25, 0.3) is 0 Å². The highest BCUT2D eigenvalue weighted by Gasteiger charge is 2.00. The zero-order valence-electron chi connectivity index (χ0n) is 8.14. The summed E-state index contributed by atoms with van der Waals surface area (Å²) in [6, 6.07) is 0. The number of hydrogen-bond acceptors (Lipinski definition) is 1. The van der Waals surface area contributed by atoms with Gasteiger partial charge in [0.2, 0.25) is 0 Å². The Balaban J connectivity index is 3.01. The van der Waals surface area contributed by atoms with Gasteiger partial charge in [0.15, 0.2) is 0 Å². The van der Waals surface area contributed by atoms with E-state index in [-0.39, 0.29) is 6.10 Å². The molecule has 0 aromatic heterocycles. The Hall–Kier alpha value is -0.0400. The first-order valence-electron chi connectivity index (χ1n) is 4.84. The summed E-state index contributed by atoms with van der Waals surface area (Å²) >= 11 is 0. The number of rotatable bonds is 6. The molecule has 1 N–H and O–H groups in total. The number of aliphatic hydroxyl groups is 1. The third kappa shape index (κ3) is 7.86. The van der Waals surface area contributed by atoms with Crippen LogP contribution in [0.2, 0.25) is 0 Å². The third-order valence-electron chi connectivity index (χ3n) is 2.04. The molecule has 0 saturated carbocycles. The average molecular weight is 158 g/mol. The molecule has 0 rings (SSSR count). The monoisotopic (exact) mass is 158 g/mol. The lowest BCUT2D eigenvalue weighted by Gasteiger charge is -2.07. The van der Waals surface area contributed by atoms with Crippen molar-refractivity contribution >= 4 is 0 Å². The van der Waals surface area contributed by atoms with Crippen molar-refractivity contribution in [2.45, 2.75) is 59.0 Å². The Morgan fingerprint density at radius 2 is 1.64 bits per heavy atom. The smallest absolute Gasteiger partial charge is 0.0537 e. The first kappa shape index (κ1) is 11.0. The lowest BCUT2D eigenvalue weighted by Crippen LogP contribution is -2.03. The first-order valence-corrected chi connectivity index (χ1v) is 4.84. The molecule has 1 atom stereocenters. The zero-order valence-corrected chi connectivity index (χ0v) is 8.14. The van der Waals surface area contributed by atoms with E-state index in [0.717, 1.165) is 18.8 Å². The summed E-state index contributed by atoms with van der Waals surface area (Å²) in [5, 5.41) is 9.22. The van der Waals surface area contributed by atoms with Crippen LogP contribution in [0.3, 0.4) is 0 Å². The van der Waals surface area contributed by atoms with Crippen LogP contribution in [0.1, 0.15) is 52.9 Å². The maximum Gasteiger partial charge on any atom is 0.0537 e. The minimum atomic E-state index is -0.0536. The molecule has 0 spiro atoms. The molecule has 0 bridgehead atoms. The number of hydrogen-bond donors (Lipinski definition) is 1. The SMILES string of the molecule is CC[C@H](O)CCCCC(C)C. The van der Waals surface area contributed by atoms with Crippen LogP contribution in [0.5, 0.6) is 0 Å². The maximum atomic E-state index is 9.22. The van der Waals surface area contributed by atoms with Crippen molar-refractivity contribution in [2.24, 2.45) is 5.92 Å². The molecule has 0 aliphatic carbocycles. The standard InChI is InChI=1S/C10H22O/c1-4-10(11)8-6-5-7-9(2)3/h9-11H,4-8H2,1-3H3/t10-/m0/s1. The van der Waals surface area contributed by atoms with Gasteiger partial charge in [-0.05, 0) is 18.8 Å². The summed E-state index contributed by atoms with van der Waals surface area (Å²) in [4.78, 5) is 0. The van der Waals surface area contributed by atoms with E-state index in [1.165, 1.54) is 19.3 Å². The van der Waals surface area contributed by atoms with Crippen LogP contribution >= 0.6 is 0 Å². The second-order valence-electron chi connectivity index (χ2n) is 3.74. The second kappa shape index (κ2) is 6.66. The van der Waals surface area contributed by atoms with Crippen LogP contribution in [-0.4, -0.2) is 11.2 Å². The molecule has 1 heteroatoms. The third-order valence-corrected chi connectivity index (χ3v) is 2.04. The van der Waals surface area contributed by atoms with Gasteiger partial charge in [0, 0.05) is 0 Å². The summed E-state index contributed by atoms with van der Waals surface area (Å²) in [6.45, 7) is 6.53. The van der Waals surface area contributed by atoms with Crippen molar-refractivity contribution in [3.8, 4) is 0 Å². The molecule has 0 aliphatic rings. The number of unbranched alkanes of at least 4 members (excludes halogenated alkanes) is 1. The highest BCUT2D eigenvalue weighted by molar-refractivity contribution is 4.53. The van der Waals surface area contributed by atoms with Crippen LogP contribution in [-0.2, 0) is 0 Å². The predicted octanol–water partition coefficient (Wildman–Crippen LogP) is 2.97. The zero-order chi connectivity index (χ0) is 8.69. The molecule has 11 heavy (non-hydrogen) atoms. The fraction of sp³-hybridized carbons (Fsp3) is 1.00. The lowest BCUT2D eigenvalue weighted by atomic mass is 10.0. The van der Waals surface area contributed by atoms with Crippen molar-refractivity contribution in [3.05, 3.63) is 0 Å². The van der Waals surface area contributed by atoms with Gasteiger partial charge >= 0.3 is 0 Å². The molecule has 0 amide bonds. The Morgan fingerprint density at radius 1 is 1.09 bits per heavy atom. The Kier molecular flexibility index (Phi) is 6.63. The molecule has 0 heterocycles. The van der Waals surface area contributed by atoms with Crippen LogP contribution in [0, 0.1) is 5.92 Å². The molecule has 0 aromatic rings. The Labute approximate surface area is 70.8 Å². The minimum Gasteiger partial charge on any atom is -0.393 e. The molecule has 0 saturated heterocycles. The van der Waals surface area contributed by atoms with Crippen LogP contribution < -0.4 is 0 Å². The largest absolute Gasteiger partial charge is 0.393 e. The van der Waals surface area contributed by atoms with Gasteiger partial charge in [0.1, 0.15) is 0 Å². The Morgan fingerprint density at radius 3 is 2.09 bits per heavy atom. The van der Waals surface area contributed by atoms with E-state index in [9.17, 15) is 5.11 Å². The quantitative estimate of drug-likeness (QED) is 0.589. The van der Waals surface area contributed by atoms with E-state index in [0.29, 0.717) is 0 Å². The normalized spacial score (nSPS) is 13.9. The highest BCUT2D eigenvalue weighted by Crippen LogP contribution is 2.10. The van der Waals surface area contributed by atoms with E-state index in [1.807, 2.05) is 6.92 Å². The highest BCUT2D eigenvalue weighted by atomic mass is 16.3. The summed E-state index contributed by atoms with van der Waals surface area (Å²) in [7, 11) is 0. The summed E-state index contributed by atoms with van der Waals surface area (Å²) in [6.07, 6.45) is 5.60. The summed E-state index contributed by atoms with van der Waals surface area (Å²) < 4.78 is 0. The van der Waals surface area contributed by atoms with E-state index in [1.54, 1.807) is 0 Å². The predicted molar refractivity (Wildman–Crippen MR) is 49.6 cm³/mol. The fourth-order valence-corrected chi connectivity index (χ4v) is 1.14. The van der Waals surface area contributed by atoms with E-state index >= 15 is 0 Å². The molecule has 0 radical (unpaired) electrons. The molecule has 0 fully saturated rings. The van der Waals surface area contributed by atoms with Gasteiger partial charge in [-0.15, -0.1) is 0 Å². The summed E-state index contributed by atoms with van der Waals surface area (Å²) in [5.41, 5.74) is 0. The van der Waals surface area contributed by atoms with Crippen molar-refractivity contribution in [3.63, 3.8) is 0 Å². The van der Waals surface area contributed by atoms with Crippen molar-refractivity contribution in [1.29, 1.82) is 0 Å². The fourth-order valence-electron chi connectivity index (χ4n) is 1.14. The van der Waals surface area contributed by atoms with Gasteiger partial charge in [-0.3, -0.25) is 0 Å². The van der Waals surface area contributed by atoms with Gasteiger partial charge in [-0.2, -0.15) is 0 Å². The maximum absolute atomic E-state index is 9.22. The van der Waals surface area contributed by atoms with E-state index in [2.05, 4.69) is 13.8 Å². The van der Waals surface area contributed by atoms with Crippen molar-refractivity contribution in [1.82, 2.24) is 0 Å². The van der Waals surface area contributed by atoms with Gasteiger partial charge < -0.3 is 5.11 Å². The summed E-state index contributed by atoms with van der Waals surface area (Å²) in [5.74, 6) is 0.814. The van der Waals surface area contributed by atoms with Gasteiger partial charge in [-0.25, -0.2) is 0 Å². The molecule has 0 unspecified atom stereocenters. The lowest BCUT2D eigenvalue weighted by molar-refractivity contribution is 0.156. The topological polar surface area (TPSA) is 20.2 Å². The van der Waals surface area contributed by atoms with Crippen molar-refractivity contribution in [2.75, 3.05) is 0 Å². The number of aliphatic hydroxyl groups excluding tert-OH is 1. The minimum absolute atomic E-state index is 0.0536. The second-order valence-corrected chi connectivity index (χ2v) is 3.74. The van der Waals surface area contributed by atoms with Crippen LogP contribution in [0.15, 0.2) is 0 Å². The molecule has 0 aromatic carbocycles. The van der Waals surface area contributed by atoms with Gasteiger partial charge in [0.25, 0.3) is 0 Å². The Bertz CT molecular complexity index is 78.9. The van der Waals surface area contributed by atoms with E-state index in [4.69, 9.17) is 0 Å². The van der Waals surface area contributed by atoms with Gasteiger partial charge in [-0.1, -0.05) is 40.0 Å². The molecule has 1 nitrogen and oxygen atoms in total. The molecule has 0 aliphatic heterocycles. The first-order chi connectivity index (χ1) is 5.16. The average Bonchev–Trinajstić information content (AvgIpc) is 1.97. The molecular formula is C10H22O. The molecule has 68 valence electrons. The van der Waals surface area contributed by atoms with Crippen LogP contribution in [0.4, 0.5) is 0 Å². The van der Waals surface area contributed by atoms with Crippen molar-refractivity contribution < 1.29 is 5.11 Å².